The van der Waals surface area contributed by atoms with E-state index in [1.807, 2.05) is 24.3 Å². The fourth-order valence-electron chi connectivity index (χ4n) is 5.61. The Morgan fingerprint density at radius 3 is 2.03 bits per heavy atom. The number of amides is 2. The van der Waals surface area contributed by atoms with Gasteiger partial charge in [-0.05, 0) is 94.1 Å². The van der Waals surface area contributed by atoms with Crippen LogP contribution in [-0.4, -0.2) is 41.9 Å². The summed E-state index contributed by atoms with van der Waals surface area (Å²) >= 11 is 0. The normalized spacial score (nSPS) is 25.1. The average molecular weight is 448 g/mol. The van der Waals surface area contributed by atoms with Gasteiger partial charge in [-0.15, -0.1) is 0 Å². The standard InChI is InChI=1S/C27H33N3O3/c1-30-22-12-13-23(30)17-25(16-22)33-24-14-10-21(11-15-24)29-27(32)19-6-8-20(9-7-19)28-26(31)18-4-2-3-5-18/h6-11,14-15,18,22-23,25H,2-5,12-13,16-17H2,1H3,(H,28,31)(H,29,32)/t22-,23+,25+. The fourth-order valence-corrected chi connectivity index (χ4v) is 5.61. The number of ether oxygens (including phenoxy) is 1. The number of hydrogen-bond acceptors (Lipinski definition) is 4. The molecule has 2 amide bonds. The summed E-state index contributed by atoms with van der Waals surface area (Å²) in [5.41, 5.74) is 2.01. The number of carbonyl (C=O) groups excluding carboxylic acids is 2. The molecule has 0 spiro atoms. The summed E-state index contributed by atoms with van der Waals surface area (Å²) < 4.78 is 6.24. The third kappa shape index (κ3) is 5.06. The smallest absolute Gasteiger partial charge is 0.255 e. The van der Waals surface area contributed by atoms with E-state index in [1.54, 1.807) is 24.3 Å². The van der Waals surface area contributed by atoms with E-state index in [-0.39, 0.29) is 23.8 Å². The largest absolute Gasteiger partial charge is 0.490 e. The van der Waals surface area contributed by atoms with Crippen molar-refractivity contribution in [2.45, 2.75) is 69.6 Å². The molecule has 33 heavy (non-hydrogen) atoms. The summed E-state index contributed by atoms with van der Waals surface area (Å²) in [6, 6.07) is 16.0. The van der Waals surface area contributed by atoms with Crippen LogP contribution in [0.2, 0.25) is 0 Å². The van der Waals surface area contributed by atoms with E-state index in [0.717, 1.165) is 55.6 Å². The Kier molecular flexibility index (Phi) is 6.36. The van der Waals surface area contributed by atoms with E-state index in [4.69, 9.17) is 4.74 Å². The molecule has 5 rings (SSSR count). The highest BCUT2D eigenvalue weighted by atomic mass is 16.5. The van der Waals surface area contributed by atoms with Crippen LogP contribution in [-0.2, 0) is 4.79 Å². The minimum Gasteiger partial charge on any atom is -0.490 e. The van der Waals surface area contributed by atoms with Gasteiger partial charge in [-0.25, -0.2) is 0 Å². The molecule has 2 heterocycles. The number of anilines is 2. The van der Waals surface area contributed by atoms with Crippen LogP contribution < -0.4 is 15.4 Å². The van der Waals surface area contributed by atoms with Gasteiger partial charge in [0.05, 0.1) is 0 Å². The molecule has 2 aromatic carbocycles. The molecule has 6 heteroatoms. The van der Waals surface area contributed by atoms with Crippen molar-refractivity contribution in [2.24, 2.45) is 5.92 Å². The lowest BCUT2D eigenvalue weighted by Gasteiger charge is -2.36. The first kappa shape index (κ1) is 22.0. The highest BCUT2D eigenvalue weighted by Gasteiger charge is 2.39. The summed E-state index contributed by atoms with van der Waals surface area (Å²) in [6.45, 7) is 0. The Balaban J connectivity index is 1.13. The second kappa shape index (κ2) is 9.56. The molecule has 2 N–H and O–H groups in total. The van der Waals surface area contributed by atoms with Crippen molar-refractivity contribution in [3.05, 3.63) is 54.1 Å². The van der Waals surface area contributed by atoms with Crippen LogP contribution >= 0.6 is 0 Å². The van der Waals surface area contributed by atoms with Crippen molar-refractivity contribution >= 4 is 23.2 Å². The van der Waals surface area contributed by atoms with E-state index >= 15 is 0 Å². The van der Waals surface area contributed by atoms with Gasteiger partial charge in [0.15, 0.2) is 0 Å². The van der Waals surface area contributed by atoms with Crippen molar-refractivity contribution in [3.63, 3.8) is 0 Å². The lowest BCUT2D eigenvalue weighted by molar-refractivity contribution is -0.119. The van der Waals surface area contributed by atoms with Gasteiger partial charge in [-0.3, -0.25) is 9.59 Å². The first-order valence-electron chi connectivity index (χ1n) is 12.3. The fraction of sp³-hybridized carbons (Fsp3) is 0.481. The zero-order chi connectivity index (χ0) is 22.8. The topological polar surface area (TPSA) is 70.7 Å². The number of nitrogens with one attached hydrogen (secondary N) is 2. The van der Waals surface area contributed by atoms with E-state index in [2.05, 4.69) is 22.6 Å². The van der Waals surface area contributed by atoms with E-state index in [1.165, 1.54) is 12.8 Å². The van der Waals surface area contributed by atoms with E-state index in [9.17, 15) is 9.59 Å². The highest BCUT2D eigenvalue weighted by Crippen LogP contribution is 2.36. The highest BCUT2D eigenvalue weighted by molar-refractivity contribution is 6.04. The van der Waals surface area contributed by atoms with Crippen LogP contribution in [0.3, 0.4) is 0 Å². The molecule has 174 valence electrons. The lowest BCUT2D eigenvalue weighted by atomic mass is 10.0. The summed E-state index contributed by atoms with van der Waals surface area (Å²) in [6.07, 6.45) is 9.19. The summed E-state index contributed by atoms with van der Waals surface area (Å²) in [7, 11) is 2.23. The molecule has 2 bridgehead atoms. The molecule has 0 aromatic heterocycles. The third-order valence-corrected chi connectivity index (χ3v) is 7.61. The molecule has 0 unspecified atom stereocenters. The first-order valence-corrected chi connectivity index (χ1v) is 12.3. The molecule has 3 atom stereocenters. The minimum atomic E-state index is -0.177. The second-order valence-electron chi connectivity index (χ2n) is 9.79. The van der Waals surface area contributed by atoms with Gasteiger partial charge >= 0.3 is 0 Å². The minimum absolute atomic E-state index is 0.0832. The van der Waals surface area contributed by atoms with Crippen LogP contribution in [0.25, 0.3) is 0 Å². The van der Waals surface area contributed by atoms with Crippen molar-refractivity contribution in [2.75, 3.05) is 17.7 Å². The molecule has 0 radical (unpaired) electrons. The molecule has 2 saturated heterocycles. The van der Waals surface area contributed by atoms with Gasteiger partial charge < -0.3 is 20.3 Å². The third-order valence-electron chi connectivity index (χ3n) is 7.61. The van der Waals surface area contributed by atoms with Crippen LogP contribution in [0, 0.1) is 5.92 Å². The Morgan fingerprint density at radius 1 is 0.818 bits per heavy atom. The summed E-state index contributed by atoms with van der Waals surface area (Å²) in [5.74, 6) is 0.878. The van der Waals surface area contributed by atoms with Gasteiger partial charge in [0.1, 0.15) is 11.9 Å². The van der Waals surface area contributed by atoms with Crippen molar-refractivity contribution in [3.8, 4) is 5.75 Å². The molecule has 3 aliphatic rings. The quantitative estimate of drug-likeness (QED) is 0.649. The van der Waals surface area contributed by atoms with Crippen molar-refractivity contribution in [1.82, 2.24) is 4.90 Å². The second-order valence-corrected chi connectivity index (χ2v) is 9.79. The lowest BCUT2D eigenvalue weighted by Crippen LogP contribution is -2.43. The first-order chi connectivity index (χ1) is 16.0. The Morgan fingerprint density at radius 2 is 1.39 bits per heavy atom. The van der Waals surface area contributed by atoms with Gasteiger partial charge in [-0.2, -0.15) is 0 Å². The van der Waals surface area contributed by atoms with Gasteiger partial charge in [0, 0.05) is 34.9 Å². The van der Waals surface area contributed by atoms with Gasteiger partial charge in [0.2, 0.25) is 5.91 Å². The molecule has 6 nitrogen and oxygen atoms in total. The molecule has 1 aliphatic carbocycles. The maximum absolute atomic E-state index is 12.6. The Hall–Kier alpha value is -2.86. The maximum atomic E-state index is 12.6. The monoisotopic (exact) mass is 447 g/mol. The zero-order valence-electron chi connectivity index (χ0n) is 19.3. The number of benzene rings is 2. The Labute approximate surface area is 195 Å². The summed E-state index contributed by atoms with van der Waals surface area (Å²) in [4.78, 5) is 27.4. The number of piperidine rings is 1. The Bertz CT molecular complexity index is 969. The van der Waals surface area contributed by atoms with E-state index in [0.29, 0.717) is 17.6 Å². The van der Waals surface area contributed by atoms with Crippen LogP contribution in [0.5, 0.6) is 5.75 Å². The number of nitrogens with zero attached hydrogens (tertiary/aromatic N) is 1. The molecular formula is C27H33N3O3. The molecule has 2 aromatic rings. The maximum Gasteiger partial charge on any atom is 0.255 e. The SMILES string of the molecule is CN1[C@@H]2CC[C@H]1C[C@@H](Oc1ccc(NC(=O)c3ccc(NC(=O)C4CCCC4)cc3)cc1)C2. The zero-order valence-corrected chi connectivity index (χ0v) is 19.3. The molecule has 3 fully saturated rings. The number of rotatable bonds is 6. The van der Waals surface area contributed by atoms with Crippen LogP contribution in [0.15, 0.2) is 48.5 Å². The average Bonchev–Trinajstić information content (AvgIpc) is 3.42. The number of hydrogen-bond donors (Lipinski definition) is 2. The van der Waals surface area contributed by atoms with Gasteiger partial charge in [-0.1, -0.05) is 12.8 Å². The molecule has 2 aliphatic heterocycles. The van der Waals surface area contributed by atoms with Crippen LogP contribution in [0.1, 0.15) is 61.7 Å². The predicted octanol–water partition coefficient (Wildman–Crippen LogP) is 5.07. The predicted molar refractivity (Wildman–Crippen MR) is 130 cm³/mol. The molecule has 1 saturated carbocycles. The van der Waals surface area contributed by atoms with E-state index < -0.39 is 0 Å². The summed E-state index contributed by atoms with van der Waals surface area (Å²) in [5, 5.41) is 5.90. The van der Waals surface area contributed by atoms with Gasteiger partial charge in [0.25, 0.3) is 5.91 Å². The van der Waals surface area contributed by atoms with Crippen LogP contribution in [0.4, 0.5) is 11.4 Å². The number of carbonyl (C=O) groups is 2. The van der Waals surface area contributed by atoms with Crippen molar-refractivity contribution < 1.29 is 14.3 Å². The number of fused-ring (bicyclic) bond motifs is 2. The van der Waals surface area contributed by atoms with Crippen molar-refractivity contribution in [1.29, 1.82) is 0 Å². The molecular weight excluding hydrogens is 414 g/mol.